The molecule has 2 amide bonds. The van der Waals surface area contributed by atoms with Gasteiger partial charge in [-0.25, -0.2) is 0 Å². The highest BCUT2D eigenvalue weighted by atomic mass is 79.9. The van der Waals surface area contributed by atoms with Gasteiger partial charge in [-0.2, -0.15) is 0 Å². The summed E-state index contributed by atoms with van der Waals surface area (Å²) in [6.07, 6.45) is 4.44. The molecule has 2 aromatic carbocycles. The molecule has 166 valence electrons. The van der Waals surface area contributed by atoms with Crippen LogP contribution in [0.25, 0.3) is 10.9 Å². The van der Waals surface area contributed by atoms with Gasteiger partial charge in [0.15, 0.2) is 0 Å². The van der Waals surface area contributed by atoms with Crippen molar-refractivity contribution in [2.45, 2.75) is 25.2 Å². The number of rotatable bonds is 4. The molecule has 6 nitrogen and oxygen atoms in total. The number of aromatic amines is 1. The zero-order chi connectivity index (χ0) is 22.2. The van der Waals surface area contributed by atoms with E-state index in [1.165, 1.54) is 10.9 Å². The Bertz CT molecular complexity index is 1170. The van der Waals surface area contributed by atoms with Gasteiger partial charge in [0.1, 0.15) is 11.7 Å². The molecule has 0 radical (unpaired) electrons. The lowest BCUT2D eigenvalue weighted by molar-refractivity contribution is -0.140. The number of amides is 2. The molecule has 5 rings (SSSR count). The Kier molecular flexibility index (Phi) is 5.67. The van der Waals surface area contributed by atoms with E-state index in [1.54, 1.807) is 12.0 Å². The van der Waals surface area contributed by atoms with E-state index in [0.717, 1.165) is 34.3 Å². The molecule has 0 aliphatic carbocycles. The van der Waals surface area contributed by atoms with E-state index < -0.39 is 5.92 Å². The number of anilines is 1. The van der Waals surface area contributed by atoms with Gasteiger partial charge < -0.3 is 19.5 Å². The third-order valence-electron chi connectivity index (χ3n) is 6.81. The molecule has 2 fully saturated rings. The summed E-state index contributed by atoms with van der Waals surface area (Å²) in [7, 11) is 1.68. The summed E-state index contributed by atoms with van der Waals surface area (Å²) >= 11 is 3.52. The van der Waals surface area contributed by atoms with Crippen LogP contribution in [0.2, 0.25) is 0 Å². The summed E-state index contributed by atoms with van der Waals surface area (Å²) in [4.78, 5) is 33.2. The van der Waals surface area contributed by atoms with E-state index in [-0.39, 0.29) is 11.8 Å². The van der Waals surface area contributed by atoms with Crippen molar-refractivity contribution in [2.75, 3.05) is 31.6 Å². The molecule has 0 bridgehead atoms. The van der Waals surface area contributed by atoms with Crippen LogP contribution < -0.4 is 9.64 Å². The van der Waals surface area contributed by atoms with Gasteiger partial charge in [0.2, 0.25) is 11.8 Å². The molecule has 1 N–H and O–H groups in total. The van der Waals surface area contributed by atoms with Crippen LogP contribution in [0.1, 0.15) is 30.7 Å². The number of nitrogens with zero attached hydrogens (tertiary/aromatic N) is 2. The van der Waals surface area contributed by atoms with E-state index in [2.05, 4.69) is 33.2 Å². The third-order valence-corrected chi connectivity index (χ3v) is 7.48. The molecule has 3 aromatic rings. The molecule has 2 saturated heterocycles. The highest BCUT2D eigenvalue weighted by Gasteiger charge is 2.41. The van der Waals surface area contributed by atoms with Gasteiger partial charge >= 0.3 is 0 Å². The van der Waals surface area contributed by atoms with Crippen molar-refractivity contribution >= 4 is 44.3 Å². The van der Waals surface area contributed by atoms with Gasteiger partial charge in [0.05, 0.1) is 12.8 Å². The molecule has 2 aliphatic heterocycles. The maximum absolute atomic E-state index is 13.2. The SMILES string of the molecule is COc1ccc2[nH]cc(C3CCN(C(=O)C4CCN(c5ccccc5Br)C4=O)CC3)c2c1. The number of hydrogen-bond donors (Lipinski definition) is 1. The second-order valence-electron chi connectivity index (χ2n) is 8.54. The average molecular weight is 496 g/mol. The second kappa shape index (κ2) is 8.62. The van der Waals surface area contributed by atoms with E-state index in [0.29, 0.717) is 32.0 Å². The zero-order valence-electron chi connectivity index (χ0n) is 18.0. The predicted molar refractivity (Wildman–Crippen MR) is 128 cm³/mol. The number of nitrogens with one attached hydrogen (secondary N) is 1. The number of likely N-dealkylation sites (tertiary alicyclic amines) is 1. The van der Waals surface area contributed by atoms with Crippen LogP contribution in [0.3, 0.4) is 0 Å². The fourth-order valence-corrected chi connectivity index (χ4v) is 5.54. The maximum atomic E-state index is 13.2. The van der Waals surface area contributed by atoms with Gasteiger partial charge in [-0.15, -0.1) is 0 Å². The van der Waals surface area contributed by atoms with E-state index in [4.69, 9.17) is 4.74 Å². The minimum atomic E-state index is -0.573. The topological polar surface area (TPSA) is 65.6 Å². The Hall–Kier alpha value is -2.80. The number of ether oxygens (including phenoxy) is 1. The lowest BCUT2D eigenvalue weighted by Crippen LogP contribution is -2.43. The number of H-pyrrole nitrogens is 1. The standard InChI is InChI=1S/C25H26BrN3O3/c1-32-17-6-7-22-19(14-17)20(15-27-22)16-8-11-28(12-9-16)24(30)18-10-13-29(25(18)31)23-5-3-2-4-21(23)26/h2-7,14-16,18,27H,8-13H2,1H3. The number of hydrogen-bond acceptors (Lipinski definition) is 3. The molecule has 0 spiro atoms. The summed E-state index contributed by atoms with van der Waals surface area (Å²) < 4.78 is 6.26. The van der Waals surface area contributed by atoms with Crippen LogP contribution in [0.5, 0.6) is 5.75 Å². The number of methoxy groups -OCH3 is 1. The van der Waals surface area contributed by atoms with Crippen molar-refractivity contribution in [3.63, 3.8) is 0 Å². The summed E-state index contributed by atoms with van der Waals surface area (Å²) in [6.45, 7) is 1.93. The molecule has 1 atom stereocenters. The van der Waals surface area contributed by atoms with Crippen LogP contribution >= 0.6 is 15.9 Å². The molecule has 1 aromatic heterocycles. The summed E-state index contributed by atoms with van der Waals surface area (Å²) in [5.74, 6) is 0.545. The summed E-state index contributed by atoms with van der Waals surface area (Å²) in [5, 5.41) is 1.18. The average Bonchev–Trinajstić information content (AvgIpc) is 3.42. The number of benzene rings is 2. The molecule has 2 aliphatic rings. The Morgan fingerprint density at radius 3 is 2.62 bits per heavy atom. The lowest BCUT2D eigenvalue weighted by Gasteiger charge is -2.33. The van der Waals surface area contributed by atoms with Crippen molar-refractivity contribution in [3.05, 3.63) is 58.7 Å². The first-order valence-corrected chi connectivity index (χ1v) is 11.9. The first kappa shape index (κ1) is 21.1. The van der Waals surface area contributed by atoms with Crippen molar-refractivity contribution in [3.8, 4) is 5.75 Å². The summed E-state index contributed by atoms with van der Waals surface area (Å²) in [6, 6.07) is 13.7. The van der Waals surface area contributed by atoms with Crippen LogP contribution in [-0.2, 0) is 9.59 Å². The fraction of sp³-hybridized carbons (Fsp3) is 0.360. The Labute approximate surface area is 195 Å². The van der Waals surface area contributed by atoms with Gasteiger partial charge in [0.25, 0.3) is 0 Å². The van der Waals surface area contributed by atoms with E-state index in [9.17, 15) is 9.59 Å². The van der Waals surface area contributed by atoms with Gasteiger partial charge in [-0.3, -0.25) is 9.59 Å². The first-order valence-electron chi connectivity index (χ1n) is 11.1. The number of carbonyl (C=O) groups is 2. The molecule has 1 unspecified atom stereocenters. The molecule has 7 heteroatoms. The number of aromatic nitrogens is 1. The quantitative estimate of drug-likeness (QED) is 0.533. The summed E-state index contributed by atoms with van der Waals surface area (Å²) in [5.41, 5.74) is 3.22. The van der Waals surface area contributed by atoms with Crippen LogP contribution in [-0.4, -0.2) is 48.4 Å². The normalized spacial score (nSPS) is 19.7. The van der Waals surface area contributed by atoms with Crippen LogP contribution in [0.4, 0.5) is 5.69 Å². The number of halogens is 1. The Morgan fingerprint density at radius 1 is 1.09 bits per heavy atom. The predicted octanol–water partition coefficient (Wildman–Crippen LogP) is 4.70. The number of fused-ring (bicyclic) bond motifs is 1. The zero-order valence-corrected chi connectivity index (χ0v) is 19.6. The molecule has 0 saturated carbocycles. The van der Waals surface area contributed by atoms with Gasteiger partial charge in [-0.05, 0) is 77.0 Å². The highest BCUT2D eigenvalue weighted by Crippen LogP contribution is 2.36. The monoisotopic (exact) mass is 495 g/mol. The van der Waals surface area contributed by atoms with E-state index in [1.807, 2.05) is 41.3 Å². The van der Waals surface area contributed by atoms with E-state index >= 15 is 0 Å². The minimum absolute atomic E-state index is 0.0244. The fourth-order valence-electron chi connectivity index (χ4n) is 5.04. The largest absolute Gasteiger partial charge is 0.497 e. The molecular weight excluding hydrogens is 470 g/mol. The maximum Gasteiger partial charge on any atom is 0.239 e. The van der Waals surface area contributed by atoms with Gasteiger partial charge in [-0.1, -0.05) is 12.1 Å². The highest BCUT2D eigenvalue weighted by molar-refractivity contribution is 9.10. The van der Waals surface area contributed by atoms with Crippen molar-refractivity contribution in [2.24, 2.45) is 5.92 Å². The van der Waals surface area contributed by atoms with Crippen LogP contribution in [0.15, 0.2) is 53.1 Å². The lowest BCUT2D eigenvalue weighted by atomic mass is 9.88. The van der Waals surface area contributed by atoms with Crippen molar-refractivity contribution < 1.29 is 14.3 Å². The first-order chi connectivity index (χ1) is 15.6. The molecule has 3 heterocycles. The van der Waals surface area contributed by atoms with Crippen LogP contribution in [0, 0.1) is 5.92 Å². The number of carbonyl (C=O) groups excluding carboxylic acids is 2. The Balaban J connectivity index is 1.25. The van der Waals surface area contributed by atoms with Crippen molar-refractivity contribution in [1.82, 2.24) is 9.88 Å². The second-order valence-corrected chi connectivity index (χ2v) is 9.39. The smallest absolute Gasteiger partial charge is 0.239 e. The van der Waals surface area contributed by atoms with Crippen molar-refractivity contribution in [1.29, 1.82) is 0 Å². The Morgan fingerprint density at radius 2 is 1.88 bits per heavy atom. The molecule has 32 heavy (non-hydrogen) atoms. The third kappa shape index (κ3) is 3.68. The number of para-hydroxylation sites is 1. The molecular formula is C25H26BrN3O3. The number of piperidine rings is 1. The minimum Gasteiger partial charge on any atom is -0.497 e. The van der Waals surface area contributed by atoms with Gasteiger partial charge in [0, 0.05) is 41.2 Å².